The number of nitrogens with one attached hydrogen (secondary N) is 1. The van der Waals surface area contributed by atoms with Crippen molar-refractivity contribution in [3.05, 3.63) is 41.1 Å². The average Bonchev–Trinajstić information content (AvgIpc) is 2.85. The first-order chi connectivity index (χ1) is 10.3. The molecule has 0 aliphatic carbocycles. The van der Waals surface area contributed by atoms with Crippen LogP contribution < -0.4 is 0 Å². The van der Waals surface area contributed by atoms with Crippen LogP contribution in [0.3, 0.4) is 0 Å². The molecule has 0 spiro atoms. The summed E-state index contributed by atoms with van der Waals surface area (Å²) in [6, 6.07) is 0.892. The smallest absolute Gasteiger partial charge is 0.273 e. The van der Waals surface area contributed by atoms with Crippen LogP contribution in [0.1, 0.15) is 16.8 Å². The molecule has 0 aliphatic rings. The van der Waals surface area contributed by atoms with E-state index in [9.17, 15) is 39.5 Å². The highest BCUT2D eigenvalue weighted by atomic mass is 19.4. The molecule has 0 saturated carbocycles. The summed E-state index contributed by atoms with van der Waals surface area (Å²) >= 11 is 0. The van der Waals surface area contributed by atoms with Gasteiger partial charge in [0.15, 0.2) is 0 Å². The van der Waals surface area contributed by atoms with Crippen molar-refractivity contribution in [3.63, 3.8) is 0 Å². The molecule has 1 N–H and O–H groups in total. The van der Waals surface area contributed by atoms with Crippen LogP contribution in [-0.4, -0.2) is 10.2 Å². The van der Waals surface area contributed by atoms with Gasteiger partial charge in [0.2, 0.25) is 0 Å². The number of aromatic nitrogens is 2. The first-order valence-corrected chi connectivity index (χ1v) is 5.71. The van der Waals surface area contributed by atoms with E-state index in [0.717, 1.165) is 0 Å². The molecule has 11 heteroatoms. The predicted molar refractivity (Wildman–Crippen MR) is 59.0 cm³/mol. The van der Waals surface area contributed by atoms with Crippen molar-refractivity contribution in [1.29, 1.82) is 0 Å². The number of alkyl halides is 9. The number of benzene rings is 1. The minimum atomic E-state index is -5.20. The third kappa shape index (κ3) is 3.59. The van der Waals surface area contributed by atoms with Crippen molar-refractivity contribution in [3.8, 4) is 11.3 Å². The molecule has 0 radical (unpaired) electrons. The number of H-pyrrole nitrogens is 1. The Morgan fingerprint density at radius 1 is 0.739 bits per heavy atom. The monoisotopic (exact) mass is 348 g/mol. The SMILES string of the molecule is FC(F)(F)c1ccc(-c2cc(C(F)(F)F)[nH]n2)c(C(F)(F)F)c1. The Morgan fingerprint density at radius 3 is 1.78 bits per heavy atom. The molecule has 0 atom stereocenters. The Morgan fingerprint density at radius 2 is 1.35 bits per heavy atom. The molecule has 2 aromatic rings. The number of hydrogen-bond donors (Lipinski definition) is 1. The number of nitrogens with zero attached hydrogens (tertiary/aromatic N) is 1. The van der Waals surface area contributed by atoms with Gasteiger partial charge in [-0.3, -0.25) is 5.10 Å². The van der Waals surface area contributed by atoms with Crippen LogP contribution in [-0.2, 0) is 18.5 Å². The lowest BCUT2D eigenvalue weighted by molar-refractivity contribution is -0.143. The normalized spacial score (nSPS) is 13.4. The zero-order chi connectivity index (χ0) is 17.6. The van der Waals surface area contributed by atoms with Gasteiger partial charge in [-0.25, -0.2) is 0 Å². The van der Waals surface area contributed by atoms with Crippen LogP contribution in [0, 0.1) is 0 Å². The van der Waals surface area contributed by atoms with E-state index < -0.39 is 46.6 Å². The van der Waals surface area contributed by atoms with Gasteiger partial charge in [0.25, 0.3) is 0 Å². The largest absolute Gasteiger partial charge is 0.432 e. The van der Waals surface area contributed by atoms with E-state index >= 15 is 0 Å². The van der Waals surface area contributed by atoms with Gasteiger partial charge < -0.3 is 0 Å². The van der Waals surface area contributed by atoms with Gasteiger partial charge >= 0.3 is 18.5 Å². The van der Waals surface area contributed by atoms with E-state index in [1.54, 1.807) is 0 Å². The molecule has 0 amide bonds. The molecule has 2 rings (SSSR count). The summed E-state index contributed by atoms with van der Waals surface area (Å²) in [6.45, 7) is 0. The van der Waals surface area contributed by atoms with Gasteiger partial charge in [-0.15, -0.1) is 0 Å². The average molecular weight is 348 g/mol. The standard InChI is InChI=1S/C12H5F9N2/c13-10(14,15)5-1-2-6(7(3-5)11(16,17)18)8-4-9(23-22-8)12(19,20)21/h1-4H,(H,22,23). The van der Waals surface area contributed by atoms with Gasteiger partial charge in [0, 0.05) is 5.56 Å². The molecular weight excluding hydrogens is 343 g/mol. The molecular formula is C12H5F9N2. The molecule has 0 saturated heterocycles. The Balaban J connectivity index is 2.61. The highest BCUT2D eigenvalue weighted by molar-refractivity contribution is 5.65. The van der Waals surface area contributed by atoms with E-state index in [4.69, 9.17) is 0 Å². The first-order valence-electron chi connectivity index (χ1n) is 5.71. The minimum Gasteiger partial charge on any atom is -0.273 e. The van der Waals surface area contributed by atoms with Crippen LogP contribution >= 0.6 is 0 Å². The van der Waals surface area contributed by atoms with Crippen LogP contribution in [0.2, 0.25) is 0 Å². The van der Waals surface area contributed by atoms with Crippen LogP contribution in [0.15, 0.2) is 24.3 Å². The zero-order valence-electron chi connectivity index (χ0n) is 10.7. The molecule has 0 unspecified atom stereocenters. The van der Waals surface area contributed by atoms with Crippen molar-refractivity contribution in [2.75, 3.05) is 0 Å². The molecule has 1 heterocycles. The zero-order valence-corrected chi connectivity index (χ0v) is 10.7. The van der Waals surface area contributed by atoms with E-state index in [1.165, 1.54) is 5.10 Å². The summed E-state index contributed by atoms with van der Waals surface area (Å²) in [6.07, 6.45) is -15.1. The summed E-state index contributed by atoms with van der Waals surface area (Å²) in [5, 5.41) is 4.60. The Labute approximate surface area is 121 Å². The van der Waals surface area contributed by atoms with Crippen LogP contribution in [0.5, 0.6) is 0 Å². The second-order valence-electron chi connectivity index (χ2n) is 4.42. The molecule has 126 valence electrons. The minimum absolute atomic E-state index is 0.169. The predicted octanol–water partition coefficient (Wildman–Crippen LogP) is 5.13. The molecule has 1 aromatic heterocycles. The van der Waals surface area contributed by atoms with E-state index in [0.29, 0.717) is 12.1 Å². The number of aromatic amines is 1. The van der Waals surface area contributed by atoms with E-state index in [1.807, 2.05) is 0 Å². The lowest BCUT2D eigenvalue weighted by Gasteiger charge is -2.14. The Bertz CT molecular complexity index is 707. The summed E-state index contributed by atoms with van der Waals surface area (Å²) in [5.41, 5.74) is -6.37. The second kappa shape index (κ2) is 5.17. The summed E-state index contributed by atoms with van der Waals surface area (Å²) in [5.74, 6) is 0. The van der Waals surface area contributed by atoms with Crippen molar-refractivity contribution in [2.24, 2.45) is 0 Å². The highest BCUT2D eigenvalue weighted by Gasteiger charge is 2.39. The fraction of sp³-hybridized carbons (Fsp3) is 0.250. The maximum absolute atomic E-state index is 12.9. The Kier molecular flexibility index (Phi) is 3.86. The maximum Gasteiger partial charge on any atom is 0.432 e. The molecule has 0 fully saturated rings. The molecule has 23 heavy (non-hydrogen) atoms. The molecule has 1 aromatic carbocycles. The second-order valence-corrected chi connectivity index (χ2v) is 4.42. The third-order valence-electron chi connectivity index (χ3n) is 2.81. The number of rotatable bonds is 1. The van der Waals surface area contributed by atoms with Crippen molar-refractivity contribution in [1.82, 2.24) is 10.2 Å². The summed E-state index contributed by atoms with van der Waals surface area (Å²) in [7, 11) is 0. The van der Waals surface area contributed by atoms with Gasteiger partial charge in [0.1, 0.15) is 5.69 Å². The van der Waals surface area contributed by atoms with Crippen LogP contribution in [0.25, 0.3) is 11.3 Å². The topological polar surface area (TPSA) is 28.7 Å². The fourth-order valence-electron chi connectivity index (χ4n) is 1.78. The van der Waals surface area contributed by atoms with E-state index in [-0.39, 0.29) is 12.1 Å². The highest BCUT2D eigenvalue weighted by Crippen LogP contribution is 2.41. The quantitative estimate of drug-likeness (QED) is 0.711. The first kappa shape index (κ1) is 17.2. The van der Waals surface area contributed by atoms with Gasteiger partial charge in [-0.2, -0.15) is 44.6 Å². The van der Waals surface area contributed by atoms with Gasteiger partial charge in [0.05, 0.1) is 16.8 Å². The van der Waals surface area contributed by atoms with E-state index in [2.05, 4.69) is 5.10 Å². The molecule has 0 aliphatic heterocycles. The summed E-state index contributed by atoms with van der Waals surface area (Å²) < 4.78 is 114. The van der Waals surface area contributed by atoms with Gasteiger partial charge in [-0.1, -0.05) is 6.07 Å². The van der Waals surface area contributed by atoms with Gasteiger partial charge in [-0.05, 0) is 18.2 Å². The molecule has 0 bridgehead atoms. The lowest BCUT2D eigenvalue weighted by Crippen LogP contribution is -2.12. The number of halogens is 9. The summed E-state index contributed by atoms with van der Waals surface area (Å²) in [4.78, 5) is 0. The van der Waals surface area contributed by atoms with Crippen molar-refractivity contribution in [2.45, 2.75) is 18.5 Å². The Hall–Kier alpha value is -2.20. The molecule has 2 nitrogen and oxygen atoms in total. The fourth-order valence-corrected chi connectivity index (χ4v) is 1.78. The third-order valence-corrected chi connectivity index (χ3v) is 2.81. The van der Waals surface area contributed by atoms with Crippen molar-refractivity contribution < 1.29 is 39.5 Å². The van der Waals surface area contributed by atoms with Crippen LogP contribution in [0.4, 0.5) is 39.5 Å². The lowest BCUT2D eigenvalue weighted by atomic mass is 10.0. The number of hydrogen-bond acceptors (Lipinski definition) is 1. The maximum atomic E-state index is 12.9. The van der Waals surface area contributed by atoms with Crippen molar-refractivity contribution >= 4 is 0 Å².